The van der Waals surface area contributed by atoms with Gasteiger partial charge in [0.15, 0.2) is 0 Å². The molecule has 3 nitrogen and oxygen atoms in total. The normalized spacial score (nSPS) is 10.1. The standard InChI is InChI=1S/C12H21NO2/c1-4-7-8-12(15)13(9-10-14)11(5-2)6-3/h1,11,14H,5-10H2,2-3H3. The van der Waals surface area contributed by atoms with Crippen LogP contribution in [0.15, 0.2) is 0 Å². The van der Waals surface area contributed by atoms with Crippen LogP contribution in [-0.4, -0.2) is 35.1 Å². The van der Waals surface area contributed by atoms with Crippen molar-refractivity contribution in [2.75, 3.05) is 13.2 Å². The van der Waals surface area contributed by atoms with Crippen LogP contribution in [-0.2, 0) is 4.79 Å². The van der Waals surface area contributed by atoms with Gasteiger partial charge in [-0.3, -0.25) is 4.79 Å². The zero-order chi connectivity index (χ0) is 11.7. The van der Waals surface area contributed by atoms with E-state index in [0.717, 1.165) is 12.8 Å². The summed E-state index contributed by atoms with van der Waals surface area (Å²) in [7, 11) is 0. The summed E-state index contributed by atoms with van der Waals surface area (Å²) >= 11 is 0. The summed E-state index contributed by atoms with van der Waals surface area (Å²) in [6.07, 6.45) is 7.81. The Morgan fingerprint density at radius 2 is 2.07 bits per heavy atom. The topological polar surface area (TPSA) is 40.5 Å². The molecule has 0 atom stereocenters. The van der Waals surface area contributed by atoms with Crippen molar-refractivity contribution in [2.24, 2.45) is 0 Å². The van der Waals surface area contributed by atoms with Crippen LogP contribution in [0.2, 0.25) is 0 Å². The quantitative estimate of drug-likeness (QED) is 0.647. The second-order valence-electron chi connectivity index (χ2n) is 3.49. The first-order valence-corrected chi connectivity index (χ1v) is 5.54. The Bertz CT molecular complexity index is 216. The number of terminal acetylenes is 1. The van der Waals surface area contributed by atoms with Crippen LogP contribution in [0.25, 0.3) is 0 Å². The number of rotatable bonds is 7. The highest BCUT2D eigenvalue weighted by molar-refractivity contribution is 5.76. The predicted molar refractivity (Wildman–Crippen MR) is 61.2 cm³/mol. The van der Waals surface area contributed by atoms with Gasteiger partial charge >= 0.3 is 0 Å². The fraction of sp³-hybridized carbons (Fsp3) is 0.750. The molecule has 0 aliphatic heterocycles. The van der Waals surface area contributed by atoms with E-state index >= 15 is 0 Å². The average Bonchev–Trinajstić information content (AvgIpc) is 2.26. The van der Waals surface area contributed by atoms with E-state index in [4.69, 9.17) is 11.5 Å². The maximum absolute atomic E-state index is 11.8. The molecule has 0 radical (unpaired) electrons. The van der Waals surface area contributed by atoms with Crippen molar-refractivity contribution in [3.05, 3.63) is 0 Å². The van der Waals surface area contributed by atoms with E-state index in [-0.39, 0.29) is 18.6 Å². The maximum Gasteiger partial charge on any atom is 0.223 e. The zero-order valence-electron chi connectivity index (χ0n) is 9.70. The van der Waals surface area contributed by atoms with Gasteiger partial charge in [0.1, 0.15) is 0 Å². The van der Waals surface area contributed by atoms with Gasteiger partial charge in [-0.15, -0.1) is 12.3 Å². The molecule has 0 heterocycles. The number of hydrogen-bond donors (Lipinski definition) is 1. The van der Waals surface area contributed by atoms with Crippen molar-refractivity contribution in [3.63, 3.8) is 0 Å². The monoisotopic (exact) mass is 211 g/mol. The van der Waals surface area contributed by atoms with E-state index in [2.05, 4.69) is 5.92 Å². The summed E-state index contributed by atoms with van der Waals surface area (Å²) in [5, 5.41) is 8.92. The summed E-state index contributed by atoms with van der Waals surface area (Å²) in [5.41, 5.74) is 0. The minimum Gasteiger partial charge on any atom is -0.395 e. The Morgan fingerprint density at radius 1 is 1.47 bits per heavy atom. The molecule has 86 valence electrons. The third-order valence-corrected chi connectivity index (χ3v) is 2.53. The molecule has 1 amide bonds. The van der Waals surface area contributed by atoms with Gasteiger partial charge in [-0.2, -0.15) is 0 Å². The average molecular weight is 211 g/mol. The van der Waals surface area contributed by atoms with Gasteiger partial charge in [0.25, 0.3) is 0 Å². The van der Waals surface area contributed by atoms with Crippen LogP contribution >= 0.6 is 0 Å². The van der Waals surface area contributed by atoms with Gasteiger partial charge in [-0.1, -0.05) is 13.8 Å². The SMILES string of the molecule is C#CCCC(=O)N(CCO)C(CC)CC. The first kappa shape index (κ1) is 14.0. The highest BCUT2D eigenvalue weighted by Gasteiger charge is 2.19. The van der Waals surface area contributed by atoms with Crippen LogP contribution in [0.5, 0.6) is 0 Å². The van der Waals surface area contributed by atoms with Gasteiger partial charge < -0.3 is 10.0 Å². The molecular formula is C12H21NO2. The number of nitrogens with zero attached hydrogens (tertiary/aromatic N) is 1. The van der Waals surface area contributed by atoms with Crippen LogP contribution in [0.3, 0.4) is 0 Å². The largest absolute Gasteiger partial charge is 0.395 e. The van der Waals surface area contributed by atoms with Crippen LogP contribution in [0, 0.1) is 12.3 Å². The summed E-state index contributed by atoms with van der Waals surface area (Å²) < 4.78 is 0. The van der Waals surface area contributed by atoms with Crippen molar-refractivity contribution < 1.29 is 9.90 Å². The third kappa shape index (κ3) is 4.85. The lowest BCUT2D eigenvalue weighted by molar-refractivity contribution is -0.134. The van der Waals surface area contributed by atoms with Gasteiger partial charge in [0, 0.05) is 25.4 Å². The minimum atomic E-state index is 0.0122. The maximum atomic E-state index is 11.8. The number of amides is 1. The van der Waals surface area contributed by atoms with E-state index < -0.39 is 0 Å². The minimum absolute atomic E-state index is 0.0122. The molecule has 0 aromatic rings. The molecule has 15 heavy (non-hydrogen) atoms. The van der Waals surface area contributed by atoms with Gasteiger partial charge in [-0.25, -0.2) is 0 Å². The number of aliphatic hydroxyl groups excluding tert-OH is 1. The van der Waals surface area contributed by atoms with E-state index in [9.17, 15) is 4.79 Å². The number of carbonyl (C=O) groups excluding carboxylic acids is 1. The predicted octanol–water partition coefficient (Wildman–Crippen LogP) is 1.41. The first-order chi connectivity index (χ1) is 7.21. The second-order valence-corrected chi connectivity index (χ2v) is 3.49. The van der Waals surface area contributed by atoms with Gasteiger partial charge in [0.2, 0.25) is 5.91 Å². The molecular weight excluding hydrogens is 190 g/mol. The summed E-state index contributed by atoms with van der Waals surface area (Å²) in [6, 6.07) is 0.224. The Hall–Kier alpha value is -1.01. The molecule has 0 saturated carbocycles. The molecule has 0 spiro atoms. The van der Waals surface area contributed by atoms with Gasteiger partial charge in [0.05, 0.1) is 6.61 Å². The highest BCUT2D eigenvalue weighted by Crippen LogP contribution is 2.10. The van der Waals surface area contributed by atoms with E-state index in [1.165, 1.54) is 0 Å². The van der Waals surface area contributed by atoms with E-state index in [1.807, 2.05) is 13.8 Å². The Morgan fingerprint density at radius 3 is 2.47 bits per heavy atom. The summed E-state index contributed by atoms with van der Waals surface area (Å²) in [5.74, 6) is 2.51. The van der Waals surface area contributed by atoms with Gasteiger partial charge in [-0.05, 0) is 12.8 Å². The summed E-state index contributed by atoms with van der Waals surface area (Å²) in [6.45, 7) is 4.52. The Kier molecular flexibility index (Phi) is 7.75. The lowest BCUT2D eigenvalue weighted by Gasteiger charge is -2.29. The third-order valence-electron chi connectivity index (χ3n) is 2.53. The molecule has 0 rings (SSSR count). The molecule has 3 heteroatoms. The fourth-order valence-electron chi connectivity index (χ4n) is 1.67. The van der Waals surface area contributed by atoms with Crippen molar-refractivity contribution in [3.8, 4) is 12.3 Å². The number of aliphatic hydroxyl groups is 1. The lowest BCUT2D eigenvalue weighted by Crippen LogP contribution is -2.41. The highest BCUT2D eigenvalue weighted by atomic mass is 16.3. The first-order valence-electron chi connectivity index (χ1n) is 5.54. The van der Waals surface area contributed by atoms with Crippen LogP contribution in [0.1, 0.15) is 39.5 Å². The molecule has 0 unspecified atom stereocenters. The van der Waals surface area contributed by atoms with Crippen LogP contribution < -0.4 is 0 Å². The number of carbonyl (C=O) groups is 1. The van der Waals surface area contributed by atoms with E-state index in [1.54, 1.807) is 4.90 Å². The smallest absolute Gasteiger partial charge is 0.223 e. The molecule has 0 saturated heterocycles. The molecule has 0 aromatic heterocycles. The van der Waals surface area contributed by atoms with Crippen molar-refractivity contribution in [1.29, 1.82) is 0 Å². The number of hydrogen-bond acceptors (Lipinski definition) is 2. The molecule has 0 aromatic carbocycles. The molecule has 0 bridgehead atoms. The molecule has 1 N–H and O–H groups in total. The lowest BCUT2D eigenvalue weighted by atomic mass is 10.1. The van der Waals surface area contributed by atoms with Crippen LogP contribution in [0.4, 0.5) is 0 Å². The Balaban J connectivity index is 4.35. The fourth-order valence-corrected chi connectivity index (χ4v) is 1.67. The second kappa shape index (κ2) is 8.31. The zero-order valence-corrected chi connectivity index (χ0v) is 9.70. The van der Waals surface area contributed by atoms with Crippen molar-refractivity contribution >= 4 is 5.91 Å². The summed E-state index contributed by atoms with van der Waals surface area (Å²) in [4.78, 5) is 13.5. The molecule has 0 aliphatic rings. The van der Waals surface area contributed by atoms with Crippen molar-refractivity contribution in [1.82, 2.24) is 4.90 Å². The van der Waals surface area contributed by atoms with Crippen molar-refractivity contribution in [2.45, 2.75) is 45.6 Å². The van der Waals surface area contributed by atoms with E-state index in [0.29, 0.717) is 19.4 Å². The molecule has 0 fully saturated rings. The Labute approximate surface area is 92.5 Å². The molecule has 0 aliphatic carbocycles.